The van der Waals surface area contributed by atoms with Crippen LogP contribution in [0.3, 0.4) is 0 Å². The van der Waals surface area contributed by atoms with Gasteiger partial charge in [-0.1, -0.05) is 11.6 Å². The first-order valence-corrected chi connectivity index (χ1v) is 5.22. The topological polar surface area (TPSA) is 80.5 Å². The zero-order valence-electron chi connectivity index (χ0n) is 8.52. The molecule has 0 aliphatic carbocycles. The molecule has 82 valence electrons. The van der Waals surface area contributed by atoms with Gasteiger partial charge in [-0.15, -0.1) is 0 Å². The van der Waals surface area contributed by atoms with Crippen molar-refractivity contribution in [1.29, 1.82) is 5.26 Å². The van der Waals surface area contributed by atoms with E-state index in [0.29, 0.717) is 30.0 Å². The molecule has 0 fully saturated rings. The maximum absolute atomic E-state index is 8.49. The number of aromatic nitrogens is 3. The second-order valence-electron chi connectivity index (χ2n) is 3.34. The predicted molar refractivity (Wildman–Crippen MR) is 60.7 cm³/mol. The zero-order valence-corrected chi connectivity index (χ0v) is 9.28. The molecule has 0 saturated heterocycles. The Kier molecular flexibility index (Phi) is 3.04. The van der Waals surface area contributed by atoms with Gasteiger partial charge in [0, 0.05) is 11.6 Å². The third-order valence-electron chi connectivity index (χ3n) is 2.22. The number of nitriles is 1. The summed E-state index contributed by atoms with van der Waals surface area (Å²) in [5, 5.41) is 17.6. The zero-order chi connectivity index (χ0) is 11.5. The molecule has 5 nitrogen and oxygen atoms in total. The minimum absolute atomic E-state index is 0.369. The number of benzene rings is 1. The van der Waals surface area contributed by atoms with Crippen molar-refractivity contribution in [3.63, 3.8) is 0 Å². The fourth-order valence-electron chi connectivity index (χ4n) is 1.50. The highest BCUT2D eigenvalue weighted by atomic mass is 35.5. The number of halogens is 1. The monoisotopic (exact) mass is 235 g/mol. The molecule has 0 spiro atoms. The lowest BCUT2D eigenvalue weighted by molar-refractivity contribution is 0.553. The van der Waals surface area contributed by atoms with Crippen LogP contribution in [0, 0.1) is 11.3 Å². The largest absolute Gasteiger partial charge is 0.326 e. The molecule has 0 unspecified atom stereocenters. The van der Waals surface area contributed by atoms with Crippen LogP contribution < -0.4 is 5.73 Å². The van der Waals surface area contributed by atoms with E-state index >= 15 is 0 Å². The van der Waals surface area contributed by atoms with Crippen molar-refractivity contribution in [2.75, 3.05) is 0 Å². The molecule has 6 heteroatoms. The summed E-state index contributed by atoms with van der Waals surface area (Å²) < 4.78 is 0. The van der Waals surface area contributed by atoms with E-state index in [4.69, 9.17) is 22.6 Å². The van der Waals surface area contributed by atoms with Gasteiger partial charge < -0.3 is 5.73 Å². The van der Waals surface area contributed by atoms with E-state index in [1.165, 1.54) is 4.80 Å². The summed E-state index contributed by atoms with van der Waals surface area (Å²) in [6, 6.07) is 5.58. The second kappa shape index (κ2) is 4.47. The van der Waals surface area contributed by atoms with Gasteiger partial charge >= 0.3 is 0 Å². The standard InChI is InChI=1S/C10H10ClN5/c11-8-4-7(6-13)10-9(5-8)14-16(15-10)3-1-2-12/h4-5H,1,3,6,13H2. The van der Waals surface area contributed by atoms with Crippen molar-refractivity contribution in [3.8, 4) is 6.07 Å². The molecule has 0 amide bonds. The van der Waals surface area contributed by atoms with Crippen LogP contribution in [-0.2, 0) is 13.1 Å². The molecule has 0 aliphatic rings. The molecule has 0 radical (unpaired) electrons. The van der Waals surface area contributed by atoms with E-state index in [1.807, 2.05) is 6.07 Å². The van der Waals surface area contributed by atoms with Crippen LogP contribution in [0.5, 0.6) is 0 Å². The third-order valence-corrected chi connectivity index (χ3v) is 2.43. The first-order chi connectivity index (χ1) is 7.74. The molecular weight excluding hydrogens is 226 g/mol. The quantitative estimate of drug-likeness (QED) is 0.873. The van der Waals surface area contributed by atoms with Crippen LogP contribution in [0.1, 0.15) is 12.0 Å². The molecule has 0 bridgehead atoms. The second-order valence-corrected chi connectivity index (χ2v) is 3.78. The Morgan fingerprint density at radius 2 is 2.25 bits per heavy atom. The summed E-state index contributed by atoms with van der Waals surface area (Å²) in [5.41, 5.74) is 7.94. The third kappa shape index (κ3) is 1.98. The highest BCUT2D eigenvalue weighted by Gasteiger charge is 2.08. The van der Waals surface area contributed by atoms with Gasteiger partial charge in [-0.05, 0) is 17.7 Å². The normalized spacial score (nSPS) is 10.6. The van der Waals surface area contributed by atoms with Crippen LogP contribution >= 0.6 is 11.6 Å². The number of rotatable bonds is 3. The predicted octanol–water partition coefficient (Wildman–Crippen LogP) is 1.46. The number of fused-ring (bicyclic) bond motifs is 1. The Hall–Kier alpha value is -1.64. The highest BCUT2D eigenvalue weighted by Crippen LogP contribution is 2.20. The fourth-order valence-corrected chi connectivity index (χ4v) is 1.73. The van der Waals surface area contributed by atoms with E-state index in [0.717, 1.165) is 11.1 Å². The molecule has 2 N–H and O–H groups in total. The molecule has 1 aromatic heterocycles. The number of hydrogen-bond donors (Lipinski definition) is 1. The summed E-state index contributed by atoms with van der Waals surface area (Å²) in [7, 11) is 0. The van der Waals surface area contributed by atoms with Crippen LogP contribution in [0.2, 0.25) is 5.02 Å². The highest BCUT2D eigenvalue weighted by molar-refractivity contribution is 6.31. The van der Waals surface area contributed by atoms with E-state index in [9.17, 15) is 0 Å². The smallest absolute Gasteiger partial charge is 0.117 e. The minimum atomic E-state index is 0.369. The number of hydrogen-bond acceptors (Lipinski definition) is 4. The average Bonchev–Trinajstić information content (AvgIpc) is 2.67. The summed E-state index contributed by atoms with van der Waals surface area (Å²) in [6.45, 7) is 0.848. The molecule has 0 atom stereocenters. The van der Waals surface area contributed by atoms with E-state index < -0.39 is 0 Å². The van der Waals surface area contributed by atoms with Crippen LogP contribution in [-0.4, -0.2) is 15.0 Å². The van der Waals surface area contributed by atoms with Gasteiger partial charge in [0.25, 0.3) is 0 Å². The summed E-state index contributed by atoms with van der Waals surface area (Å²) >= 11 is 5.93. The van der Waals surface area contributed by atoms with E-state index in [1.54, 1.807) is 12.1 Å². The molecule has 16 heavy (non-hydrogen) atoms. The van der Waals surface area contributed by atoms with Crippen molar-refractivity contribution in [3.05, 3.63) is 22.7 Å². The maximum Gasteiger partial charge on any atom is 0.117 e. The van der Waals surface area contributed by atoms with Crippen LogP contribution in [0.4, 0.5) is 0 Å². The van der Waals surface area contributed by atoms with Crippen molar-refractivity contribution < 1.29 is 0 Å². The molecule has 0 aliphatic heterocycles. The van der Waals surface area contributed by atoms with Gasteiger partial charge in [-0.25, -0.2) is 0 Å². The lowest BCUT2D eigenvalue weighted by atomic mass is 10.2. The van der Waals surface area contributed by atoms with Crippen LogP contribution in [0.15, 0.2) is 12.1 Å². The Morgan fingerprint density at radius 3 is 2.94 bits per heavy atom. The minimum Gasteiger partial charge on any atom is -0.326 e. The number of nitrogens with zero attached hydrogens (tertiary/aromatic N) is 4. The Balaban J connectivity index is 2.48. The van der Waals surface area contributed by atoms with Crippen molar-refractivity contribution in [2.24, 2.45) is 5.73 Å². The van der Waals surface area contributed by atoms with Gasteiger partial charge in [0.2, 0.25) is 0 Å². The summed E-state index contributed by atoms with van der Waals surface area (Å²) in [4.78, 5) is 1.50. The van der Waals surface area contributed by atoms with Gasteiger partial charge in [-0.2, -0.15) is 20.3 Å². The Morgan fingerprint density at radius 1 is 1.44 bits per heavy atom. The first-order valence-electron chi connectivity index (χ1n) is 4.85. The van der Waals surface area contributed by atoms with Crippen LogP contribution in [0.25, 0.3) is 11.0 Å². The lowest BCUT2D eigenvalue weighted by Crippen LogP contribution is -2.01. The molecule has 1 aromatic carbocycles. The van der Waals surface area contributed by atoms with Crippen molar-refractivity contribution in [2.45, 2.75) is 19.5 Å². The number of aryl methyl sites for hydroxylation is 1. The lowest BCUT2D eigenvalue weighted by Gasteiger charge is -1.97. The Labute approximate surface area is 97.4 Å². The molecule has 2 rings (SSSR count). The average molecular weight is 236 g/mol. The van der Waals surface area contributed by atoms with Crippen molar-refractivity contribution >= 4 is 22.6 Å². The fraction of sp³-hybridized carbons (Fsp3) is 0.300. The van der Waals surface area contributed by atoms with Gasteiger partial charge in [0.05, 0.1) is 19.0 Å². The molecule has 1 heterocycles. The Bertz CT molecular complexity index is 554. The maximum atomic E-state index is 8.49. The van der Waals surface area contributed by atoms with E-state index in [-0.39, 0.29) is 0 Å². The summed E-state index contributed by atoms with van der Waals surface area (Å²) in [6.07, 6.45) is 0.382. The summed E-state index contributed by atoms with van der Waals surface area (Å²) in [5.74, 6) is 0. The molecule has 0 saturated carbocycles. The number of nitrogens with two attached hydrogens (primary N) is 1. The molecule has 2 aromatic rings. The van der Waals surface area contributed by atoms with E-state index in [2.05, 4.69) is 10.2 Å². The molecular formula is C10H10ClN5. The van der Waals surface area contributed by atoms with Gasteiger partial charge in [-0.3, -0.25) is 0 Å². The first kappa shape index (κ1) is 10.9. The SMILES string of the molecule is N#CCCn1nc2cc(Cl)cc(CN)c2n1. The van der Waals surface area contributed by atoms with Gasteiger partial charge in [0.1, 0.15) is 11.0 Å². The van der Waals surface area contributed by atoms with Crippen molar-refractivity contribution in [1.82, 2.24) is 15.0 Å². The van der Waals surface area contributed by atoms with Gasteiger partial charge in [0.15, 0.2) is 0 Å².